The molecule has 1 atom stereocenters. The molecule has 2 rings (SSSR count). The number of aliphatic hydroxyl groups excluding tert-OH is 1. The molecule has 0 aliphatic carbocycles. The van der Waals surface area contributed by atoms with E-state index in [2.05, 4.69) is 9.97 Å². The molecule has 6 heteroatoms. The summed E-state index contributed by atoms with van der Waals surface area (Å²) in [6.45, 7) is 1.85. The monoisotopic (exact) mass is 251 g/mol. The number of aliphatic hydroxyl groups is 1. The molecule has 1 saturated heterocycles. The van der Waals surface area contributed by atoms with Gasteiger partial charge in [-0.2, -0.15) is 0 Å². The highest BCUT2D eigenvalue weighted by Crippen LogP contribution is 2.26. The van der Waals surface area contributed by atoms with Gasteiger partial charge in [-0.3, -0.25) is 0 Å². The Kier molecular flexibility index (Phi) is 4.09. The minimum atomic E-state index is -0.420. The topological polar surface area (TPSA) is 75.5 Å². The second-order valence-corrected chi connectivity index (χ2v) is 4.36. The Morgan fingerprint density at radius 3 is 3.22 bits per heavy atom. The van der Waals surface area contributed by atoms with Crippen LogP contribution in [0.4, 0.5) is 5.82 Å². The third-order valence-electron chi connectivity index (χ3n) is 3.22. The summed E-state index contributed by atoms with van der Waals surface area (Å²) in [5.74, 6) is 0.656. The molecule has 0 radical (unpaired) electrons. The lowest BCUT2D eigenvalue weighted by atomic mass is 10.1. The van der Waals surface area contributed by atoms with E-state index in [9.17, 15) is 4.79 Å². The van der Waals surface area contributed by atoms with Gasteiger partial charge in [0.05, 0.1) is 7.11 Å². The zero-order chi connectivity index (χ0) is 13.0. The summed E-state index contributed by atoms with van der Waals surface area (Å²) < 4.78 is 4.73. The average molecular weight is 251 g/mol. The van der Waals surface area contributed by atoms with Crippen LogP contribution in [0, 0.1) is 5.92 Å². The third kappa shape index (κ3) is 2.59. The number of methoxy groups -OCH3 is 1. The number of aromatic nitrogens is 2. The Hall–Kier alpha value is -1.69. The molecule has 1 aromatic heterocycles. The fourth-order valence-corrected chi connectivity index (χ4v) is 2.27. The maximum absolute atomic E-state index is 11.6. The largest absolute Gasteiger partial charge is 0.465 e. The summed E-state index contributed by atoms with van der Waals surface area (Å²) in [6.07, 6.45) is 4.70. The predicted molar refractivity (Wildman–Crippen MR) is 65.4 cm³/mol. The molecule has 0 saturated carbocycles. The first-order valence-corrected chi connectivity index (χ1v) is 6.00. The van der Waals surface area contributed by atoms with Gasteiger partial charge in [0.2, 0.25) is 0 Å². The Labute approximate surface area is 106 Å². The molecule has 1 N–H and O–H groups in total. The van der Waals surface area contributed by atoms with Crippen molar-refractivity contribution in [2.75, 3.05) is 31.7 Å². The number of nitrogens with zero attached hydrogens (tertiary/aromatic N) is 3. The quantitative estimate of drug-likeness (QED) is 0.784. The minimum Gasteiger partial charge on any atom is -0.465 e. The Bertz CT molecular complexity index is 425. The van der Waals surface area contributed by atoms with Gasteiger partial charge in [0, 0.05) is 25.9 Å². The van der Waals surface area contributed by atoms with Crippen molar-refractivity contribution < 1.29 is 14.6 Å². The summed E-state index contributed by atoms with van der Waals surface area (Å²) in [6, 6.07) is 0. The second kappa shape index (κ2) is 5.77. The van der Waals surface area contributed by atoms with Crippen molar-refractivity contribution in [1.29, 1.82) is 0 Å². The van der Waals surface area contributed by atoms with Gasteiger partial charge in [0.25, 0.3) is 0 Å². The lowest BCUT2D eigenvalue weighted by molar-refractivity contribution is 0.0600. The van der Waals surface area contributed by atoms with E-state index in [1.807, 2.05) is 4.90 Å². The number of anilines is 1. The van der Waals surface area contributed by atoms with Crippen LogP contribution < -0.4 is 4.90 Å². The van der Waals surface area contributed by atoms with Crippen LogP contribution in [-0.4, -0.2) is 47.8 Å². The fraction of sp³-hybridized carbons (Fsp3) is 0.583. The first-order valence-electron chi connectivity index (χ1n) is 6.00. The molecule has 1 aliphatic rings. The van der Waals surface area contributed by atoms with Crippen molar-refractivity contribution in [3.8, 4) is 0 Å². The molecular weight excluding hydrogens is 234 g/mol. The SMILES string of the molecule is COC(=O)c1cncnc1N1CCC(CCO)C1. The molecule has 18 heavy (non-hydrogen) atoms. The number of carbonyl (C=O) groups is 1. The number of rotatable bonds is 4. The van der Waals surface area contributed by atoms with E-state index in [4.69, 9.17) is 9.84 Å². The van der Waals surface area contributed by atoms with Crippen molar-refractivity contribution in [2.45, 2.75) is 12.8 Å². The number of hydrogen-bond donors (Lipinski definition) is 1. The first-order chi connectivity index (χ1) is 8.76. The smallest absolute Gasteiger partial charge is 0.343 e. The van der Waals surface area contributed by atoms with Crippen LogP contribution in [-0.2, 0) is 4.74 Å². The molecule has 6 nitrogen and oxygen atoms in total. The number of carbonyl (C=O) groups excluding carboxylic acids is 1. The molecule has 2 heterocycles. The Morgan fingerprint density at radius 2 is 2.50 bits per heavy atom. The van der Waals surface area contributed by atoms with Crippen LogP contribution in [0.5, 0.6) is 0 Å². The number of esters is 1. The molecule has 1 aromatic rings. The normalized spacial score (nSPS) is 19.0. The highest BCUT2D eigenvalue weighted by atomic mass is 16.5. The third-order valence-corrected chi connectivity index (χ3v) is 3.22. The summed E-state index contributed by atoms with van der Waals surface area (Å²) in [5.41, 5.74) is 0.393. The molecule has 1 aliphatic heterocycles. The minimum absolute atomic E-state index is 0.201. The average Bonchev–Trinajstić information content (AvgIpc) is 2.87. The molecule has 0 aromatic carbocycles. The van der Waals surface area contributed by atoms with Crippen LogP contribution in [0.15, 0.2) is 12.5 Å². The van der Waals surface area contributed by atoms with Gasteiger partial charge in [-0.05, 0) is 18.8 Å². The number of hydrogen-bond acceptors (Lipinski definition) is 6. The maximum Gasteiger partial charge on any atom is 0.343 e. The molecule has 0 spiro atoms. The lowest BCUT2D eigenvalue weighted by Crippen LogP contribution is -2.24. The van der Waals surface area contributed by atoms with Gasteiger partial charge in [-0.1, -0.05) is 0 Å². The predicted octanol–water partition coefficient (Wildman–Crippen LogP) is 0.472. The van der Waals surface area contributed by atoms with Gasteiger partial charge in [0.1, 0.15) is 17.7 Å². The molecule has 1 unspecified atom stereocenters. The van der Waals surface area contributed by atoms with Crippen LogP contribution in [0.25, 0.3) is 0 Å². The van der Waals surface area contributed by atoms with E-state index in [-0.39, 0.29) is 6.61 Å². The highest BCUT2D eigenvalue weighted by Gasteiger charge is 2.26. The molecular formula is C12H17N3O3. The highest BCUT2D eigenvalue weighted by molar-refractivity contribution is 5.94. The molecule has 98 valence electrons. The van der Waals surface area contributed by atoms with Crippen molar-refractivity contribution in [1.82, 2.24) is 9.97 Å². The Balaban J connectivity index is 2.16. The standard InChI is InChI=1S/C12H17N3O3/c1-18-12(17)10-6-13-8-14-11(10)15-4-2-9(7-15)3-5-16/h6,8-9,16H,2-5,7H2,1H3. The maximum atomic E-state index is 11.6. The van der Waals surface area contributed by atoms with Gasteiger partial charge in [0.15, 0.2) is 0 Å². The summed E-state index contributed by atoms with van der Waals surface area (Å²) >= 11 is 0. The van der Waals surface area contributed by atoms with Crippen LogP contribution in [0.2, 0.25) is 0 Å². The van der Waals surface area contributed by atoms with Crippen molar-refractivity contribution in [3.63, 3.8) is 0 Å². The van der Waals surface area contributed by atoms with Crippen molar-refractivity contribution >= 4 is 11.8 Å². The summed E-state index contributed by atoms with van der Waals surface area (Å²) in [7, 11) is 1.34. The second-order valence-electron chi connectivity index (χ2n) is 4.36. The van der Waals surface area contributed by atoms with E-state index in [1.54, 1.807) is 0 Å². The molecule has 0 bridgehead atoms. The zero-order valence-electron chi connectivity index (χ0n) is 10.4. The molecule has 0 amide bonds. The van der Waals surface area contributed by atoms with Gasteiger partial charge in [-0.25, -0.2) is 14.8 Å². The van der Waals surface area contributed by atoms with Crippen LogP contribution in [0.1, 0.15) is 23.2 Å². The van der Waals surface area contributed by atoms with E-state index in [0.29, 0.717) is 17.3 Å². The molecule has 1 fully saturated rings. The summed E-state index contributed by atoms with van der Waals surface area (Å²) in [5, 5.41) is 8.95. The summed E-state index contributed by atoms with van der Waals surface area (Å²) in [4.78, 5) is 21.7. The van der Waals surface area contributed by atoms with Crippen molar-refractivity contribution in [3.05, 3.63) is 18.1 Å². The van der Waals surface area contributed by atoms with Crippen molar-refractivity contribution in [2.24, 2.45) is 5.92 Å². The first kappa shape index (κ1) is 12.8. The zero-order valence-corrected chi connectivity index (χ0v) is 10.4. The number of ether oxygens (including phenoxy) is 1. The van der Waals surface area contributed by atoms with Gasteiger partial charge < -0.3 is 14.7 Å². The lowest BCUT2D eigenvalue weighted by Gasteiger charge is -2.19. The van der Waals surface area contributed by atoms with Crippen LogP contribution in [0.3, 0.4) is 0 Å². The van der Waals surface area contributed by atoms with E-state index in [0.717, 1.165) is 25.9 Å². The fourth-order valence-electron chi connectivity index (χ4n) is 2.27. The van der Waals surface area contributed by atoms with Gasteiger partial charge in [-0.15, -0.1) is 0 Å². The van der Waals surface area contributed by atoms with E-state index >= 15 is 0 Å². The van der Waals surface area contributed by atoms with Crippen LogP contribution >= 0.6 is 0 Å². The van der Waals surface area contributed by atoms with E-state index < -0.39 is 5.97 Å². The Morgan fingerprint density at radius 1 is 1.67 bits per heavy atom. The van der Waals surface area contributed by atoms with E-state index in [1.165, 1.54) is 19.6 Å². The van der Waals surface area contributed by atoms with Gasteiger partial charge >= 0.3 is 5.97 Å².